The lowest BCUT2D eigenvalue weighted by atomic mass is 10.2. The van der Waals surface area contributed by atoms with Gasteiger partial charge in [-0.05, 0) is 38.8 Å². The van der Waals surface area contributed by atoms with E-state index in [1.54, 1.807) is 18.1 Å². The van der Waals surface area contributed by atoms with Crippen LogP contribution in [0.1, 0.15) is 26.7 Å². The second-order valence-corrected chi connectivity index (χ2v) is 5.10. The number of amides is 1. The van der Waals surface area contributed by atoms with Crippen molar-refractivity contribution in [3.8, 4) is 0 Å². The molecule has 2 rings (SSSR count). The molecule has 1 unspecified atom stereocenters. The van der Waals surface area contributed by atoms with Crippen molar-refractivity contribution < 1.29 is 9.53 Å². The summed E-state index contributed by atoms with van der Waals surface area (Å²) in [6, 6.07) is 4.11. The van der Waals surface area contributed by atoms with E-state index >= 15 is 0 Å². The normalized spacial score (nSPS) is 18.6. The number of nitrogens with zero attached hydrogens (tertiary/aromatic N) is 2. The van der Waals surface area contributed by atoms with E-state index in [9.17, 15) is 4.79 Å². The first-order valence-electron chi connectivity index (χ1n) is 6.69. The summed E-state index contributed by atoms with van der Waals surface area (Å²) in [6.07, 6.45) is 3.18. The number of ether oxygens (including phenoxy) is 1. The van der Waals surface area contributed by atoms with Crippen LogP contribution in [0.15, 0.2) is 18.3 Å². The molecule has 1 aromatic heterocycles. The Bertz CT molecular complexity index is 425. The summed E-state index contributed by atoms with van der Waals surface area (Å²) in [4.78, 5) is 18.1. The molecule has 0 bridgehead atoms. The van der Waals surface area contributed by atoms with Crippen LogP contribution in [0.5, 0.6) is 0 Å². The molecule has 1 fully saturated rings. The van der Waals surface area contributed by atoms with Crippen LogP contribution in [0.4, 0.5) is 11.5 Å². The molecule has 1 atom stereocenters. The van der Waals surface area contributed by atoms with Crippen LogP contribution >= 0.6 is 0 Å². The van der Waals surface area contributed by atoms with E-state index in [0.29, 0.717) is 12.6 Å². The largest absolute Gasteiger partial charge is 0.368 e. The summed E-state index contributed by atoms with van der Waals surface area (Å²) in [6.45, 7) is 4.80. The number of nitrogens with one attached hydrogen (secondary N) is 1. The molecule has 1 aliphatic heterocycles. The molecule has 1 aliphatic rings. The van der Waals surface area contributed by atoms with Crippen molar-refractivity contribution in [2.45, 2.75) is 38.8 Å². The van der Waals surface area contributed by atoms with Gasteiger partial charge in [-0.15, -0.1) is 0 Å². The molecule has 0 aromatic carbocycles. The van der Waals surface area contributed by atoms with Crippen LogP contribution in [0.3, 0.4) is 0 Å². The van der Waals surface area contributed by atoms with Gasteiger partial charge in [0.25, 0.3) is 5.91 Å². The molecular formula is C14H21N3O2. The number of hydrogen-bond donors (Lipinski definition) is 1. The lowest BCUT2D eigenvalue weighted by Gasteiger charge is -2.20. The van der Waals surface area contributed by atoms with Gasteiger partial charge in [-0.3, -0.25) is 4.79 Å². The van der Waals surface area contributed by atoms with Gasteiger partial charge in [0.15, 0.2) is 0 Å². The first-order valence-corrected chi connectivity index (χ1v) is 6.69. The molecule has 0 radical (unpaired) electrons. The Kier molecular flexibility index (Phi) is 4.37. The molecule has 5 nitrogen and oxygen atoms in total. The summed E-state index contributed by atoms with van der Waals surface area (Å²) in [5.74, 6) is 0.820. The van der Waals surface area contributed by atoms with Gasteiger partial charge in [0.1, 0.15) is 11.9 Å². The zero-order valence-corrected chi connectivity index (χ0v) is 11.7. The highest BCUT2D eigenvalue weighted by Gasteiger charge is 2.27. The van der Waals surface area contributed by atoms with Gasteiger partial charge < -0.3 is 15.0 Å². The quantitative estimate of drug-likeness (QED) is 0.903. The van der Waals surface area contributed by atoms with Crippen LogP contribution < -0.4 is 10.2 Å². The second kappa shape index (κ2) is 6.02. The molecule has 104 valence electrons. The summed E-state index contributed by atoms with van der Waals surface area (Å²) in [5.41, 5.74) is 0.787. The fraction of sp³-hybridized carbons (Fsp3) is 0.571. The SMILES string of the molecule is CC(C)Nc1ccc(N(C)C(=O)C2CCCO2)cn1. The summed E-state index contributed by atoms with van der Waals surface area (Å²) in [7, 11) is 1.76. The van der Waals surface area contributed by atoms with Crippen molar-refractivity contribution >= 4 is 17.4 Å². The van der Waals surface area contributed by atoms with Crippen LogP contribution in [-0.4, -0.2) is 36.7 Å². The first kappa shape index (κ1) is 13.8. The number of anilines is 2. The maximum absolute atomic E-state index is 12.2. The monoisotopic (exact) mass is 263 g/mol. The lowest BCUT2D eigenvalue weighted by Crippen LogP contribution is -2.36. The third kappa shape index (κ3) is 3.44. The number of carbonyl (C=O) groups is 1. The highest BCUT2D eigenvalue weighted by Crippen LogP contribution is 2.19. The van der Waals surface area contributed by atoms with Crippen LogP contribution in [0.25, 0.3) is 0 Å². The molecule has 1 saturated heterocycles. The Labute approximate surface area is 114 Å². The molecule has 0 saturated carbocycles. The van der Waals surface area contributed by atoms with E-state index in [0.717, 1.165) is 24.3 Å². The standard InChI is InChI=1S/C14H21N3O2/c1-10(2)16-13-7-6-11(9-15-13)17(3)14(18)12-5-4-8-19-12/h6-7,9-10,12H,4-5,8H2,1-3H3,(H,15,16). The van der Waals surface area contributed by atoms with Gasteiger partial charge in [-0.25, -0.2) is 4.98 Å². The van der Waals surface area contributed by atoms with Gasteiger partial charge in [-0.1, -0.05) is 0 Å². The predicted molar refractivity (Wildman–Crippen MR) is 75.4 cm³/mol. The number of likely N-dealkylation sites (N-methyl/N-ethyl adjacent to an activating group) is 1. The van der Waals surface area contributed by atoms with Crippen LogP contribution in [0.2, 0.25) is 0 Å². The van der Waals surface area contributed by atoms with Gasteiger partial charge in [0, 0.05) is 19.7 Å². The highest BCUT2D eigenvalue weighted by atomic mass is 16.5. The molecule has 1 aromatic rings. The Morgan fingerprint density at radius 3 is 2.84 bits per heavy atom. The molecule has 19 heavy (non-hydrogen) atoms. The molecule has 1 amide bonds. The summed E-state index contributed by atoms with van der Waals surface area (Å²) in [5, 5.41) is 3.22. The van der Waals surface area contributed by atoms with E-state index in [-0.39, 0.29) is 12.0 Å². The zero-order chi connectivity index (χ0) is 13.8. The number of aromatic nitrogens is 1. The number of pyridine rings is 1. The van der Waals surface area contributed by atoms with Gasteiger partial charge in [0.2, 0.25) is 0 Å². The van der Waals surface area contributed by atoms with Gasteiger partial charge >= 0.3 is 0 Å². The Morgan fingerprint density at radius 1 is 1.53 bits per heavy atom. The van der Waals surface area contributed by atoms with Crippen molar-refractivity contribution in [2.24, 2.45) is 0 Å². The van der Waals surface area contributed by atoms with Gasteiger partial charge in [-0.2, -0.15) is 0 Å². The molecule has 0 aliphatic carbocycles. The Morgan fingerprint density at radius 2 is 2.32 bits per heavy atom. The van der Waals surface area contributed by atoms with E-state index in [1.807, 2.05) is 12.1 Å². The highest BCUT2D eigenvalue weighted by molar-refractivity contribution is 5.96. The number of carbonyl (C=O) groups excluding carboxylic acids is 1. The smallest absolute Gasteiger partial charge is 0.255 e. The van der Waals surface area contributed by atoms with Crippen molar-refractivity contribution in [1.29, 1.82) is 0 Å². The maximum atomic E-state index is 12.2. The molecule has 2 heterocycles. The Hall–Kier alpha value is -1.62. The van der Waals surface area contributed by atoms with E-state index in [4.69, 9.17) is 4.74 Å². The average molecular weight is 263 g/mol. The second-order valence-electron chi connectivity index (χ2n) is 5.10. The third-order valence-electron chi connectivity index (χ3n) is 3.11. The first-order chi connectivity index (χ1) is 9.08. The van der Waals surface area contributed by atoms with Crippen molar-refractivity contribution in [3.05, 3.63) is 18.3 Å². The lowest BCUT2D eigenvalue weighted by molar-refractivity contribution is -0.127. The molecule has 5 heteroatoms. The zero-order valence-electron chi connectivity index (χ0n) is 11.7. The summed E-state index contributed by atoms with van der Waals surface area (Å²) >= 11 is 0. The van der Waals surface area contributed by atoms with Crippen LogP contribution in [0, 0.1) is 0 Å². The minimum absolute atomic E-state index is 0.00358. The fourth-order valence-corrected chi connectivity index (χ4v) is 2.08. The van der Waals surface area contributed by atoms with Crippen molar-refractivity contribution in [1.82, 2.24) is 4.98 Å². The topological polar surface area (TPSA) is 54.5 Å². The molecular weight excluding hydrogens is 242 g/mol. The van der Waals surface area contributed by atoms with Gasteiger partial charge in [0.05, 0.1) is 11.9 Å². The average Bonchev–Trinajstić information content (AvgIpc) is 2.91. The van der Waals surface area contributed by atoms with Crippen molar-refractivity contribution in [2.75, 3.05) is 23.9 Å². The third-order valence-corrected chi connectivity index (χ3v) is 3.11. The number of hydrogen-bond acceptors (Lipinski definition) is 4. The van der Waals surface area contributed by atoms with Crippen LogP contribution in [-0.2, 0) is 9.53 Å². The van der Waals surface area contributed by atoms with Crippen molar-refractivity contribution in [3.63, 3.8) is 0 Å². The number of rotatable bonds is 4. The molecule has 1 N–H and O–H groups in total. The van der Waals surface area contributed by atoms with E-state index in [2.05, 4.69) is 24.1 Å². The van der Waals surface area contributed by atoms with E-state index in [1.165, 1.54) is 0 Å². The minimum atomic E-state index is -0.293. The molecule has 0 spiro atoms. The fourth-order valence-electron chi connectivity index (χ4n) is 2.08. The van der Waals surface area contributed by atoms with E-state index < -0.39 is 0 Å². The predicted octanol–water partition coefficient (Wildman–Crippen LogP) is 2.04. The minimum Gasteiger partial charge on any atom is -0.368 e. The Balaban J connectivity index is 2.02. The maximum Gasteiger partial charge on any atom is 0.255 e. The summed E-state index contributed by atoms with van der Waals surface area (Å²) < 4.78 is 5.41.